The van der Waals surface area contributed by atoms with Crippen molar-refractivity contribution in [2.75, 3.05) is 13.2 Å². The smallest absolute Gasteiger partial charge is 0.313 e. The summed E-state index contributed by atoms with van der Waals surface area (Å²) < 4.78 is 5.17. The van der Waals surface area contributed by atoms with Gasteiger partial charge >= 0.3 is 5.97 Å². The Bertz CT molecular complexity index is 384. The van der Waals surface area contributed by atoms with Crippen LogP contribution in [0.1, 0.15) is 44.2 Å². The molecule has 1 rings (SSSR count). The van der Waals surface area contributed by atoms with Crippen LogP contribution in [-0.2, 0) is 16.0 Å². The molecule has 0 amide bonds. The summed E-state index contributed by atoms with van der Waals surface area (Å²) in [5.41, 5.74) is 7.68. The van der Waals surface area contributed by atoms with Crippen LogP contribution in [0.25, 0.3) is 0 Å². The molecule has 1 atom stereocenters. The molecule has 0 spiro atoms. The summed E-state index contributed by atoms with van der Waals surface area (Å²) in [5, 5.41) is 0. The number of esters is 1. The van der Waals surface area contributed by atoms with Gasteiger partial charge in [-0.25, -0.2) is 0 Å². The molecule has 0 radical (unpaired) electrons. The van der Waals surface area contributed by atoms with Crippen molar-refractivity contribution >= 4 is 5.97 Å². The van der Waals surface area contributed by atoms with Crippen LogP contribution < -0.4 is 5.73 Å². The minimum atomic E-state index is -0.217. The van der Waals surface area contributed by atoms with E-state index >= 15 is 0 Å². The van der Waals surface area contributed by atoms with Crippen LogP contribution in [0.2, 0.25) is 0 Å². The molecule has 0 aliphatic heterocycles. The Morgan fingerprint density at radius 2 is 1.84 bits per heavy atom. The van der Waals surface area contributed by atoms with E-state index < -0.39 is 0 Å². The molecule has 0 unspecified atom stereocenters. The van der Waals surface area contributed by atoms with Gasteiger partial charge < -0.3 is 10.5 Å². The summed E-state index contributed by atoms with van der Waals surface area (Å²) in [6, 6.07) is 8.23. The Kier molecular flexibility index (Phi) is 6.57. The predicted molar refractivity (Wildman–Crippen MR) is 78.0 cm³/mol. The third-order valence-corrected chi connectivity index (χ3v) is 3.07. The predicted octanol–water partition coefficient (Wildman–Crippen LogP) is 2.88. The Hall–Kier alpha value is -1.35. The summed E-state index contributed by atoms with van der Waals surface area (Å²) >= 11 is 0. The normalized spacial score (nSPS) is 12.5. The molecular formula is C16H25NO2. The number of benzene rings is 1. The van der Waals surface area contributed by atoms with Gasteiger partial charge in [-0.05, 0) is 43.4 Å². The highest BCUT2D eigenvalue weighted by atomic mass is 16.5. The van der Waals surface area contributed by atoms with Gasteiger partial charge in [0.15, 0.2) is 0 Å². The number of carbonyl (C=O) groups is 1. The van der Waals surface area contributed by atoms with Crippen molar-refractivity contribution in [1.29, 1.82) is 0 Å². The number of hydrogen-bond acceptors (Lipinski definition) is 3. The fourth-order valence-corrected chi connectivity index (χ4v) is 1.93. The topological polar surface area (TPSA) is 52.3 Å². The molecule has 0 bridgehead atoms. The Labute approximate surface area is 116 Å². The van der Waals surface area contributed by atoms with Crippen molar-refractivity contribution < 1.29 is 9.53 Å². The van der Waals surface area contributed by atoms with E-state index in [1.165, 1.54) is 5.56 Å². The van der Waals surface area contributed by atoms with Gasteiger partial charge in [0.05, 0.1) is 12.5 Å². The monoisotopic (exact) mass is 263 g/mol. The second-order valence-corrected chi connectivity index (χ2v) is 5.37. The van der Waals surface area contributed by atoms with Gasteiger partial charge in [-0.15, -0.1) is 0 Å². The van der Waals surface area contributed by atoms with E-state index in [0.29, 0.717) is 25.5 Å². The molecular weight excluding hydrogens is 238 g/mol. The van der Waals surface area contributed by atoms with Crippen molar-refractivity contribution in [1.82, 2.24) is 0 Å². The minimum absolute atomic E-state index is 0.176. The SMILES string of the molecule is CC(C)Cc1ccc([C@H](C)C(=O)OCCCN)cc1. The zero-order valence-electron chi connectivity index (χ0n) is 12.2. The maximum Gasteiger partial charge on any atom is 0.313 e. The summed E-state index contributed by atoms with van der Waals surface area (Å²) in [4.78, 5) is 11.8. The van der Waals surface area contributed by atoms with Crippen LogP contribution in [0.4, 0.5) is 0 Å². The molecule has 106 valence electrons. The Morgan fingerprint density at radius 1 is 1.21 bits per heavy atom. The standard InChI is InChI=1S/C16H25NO2/c1-12(2)11-14-5-7-15(8-6-14)13(3)16(18)19-10-4-9-17/h5-8,12-13H,4,9-11,17H2,1-3H3/t13-/m0/s1. The van der Waals surface area contributed by atoms with Gasteiger partial charge in [-0.1, -0.05) is 38.1 Å². The van der Waals surface area contributed by atoms with E-state index in [1.807, 2.05) is 19.1 Å². The molecule has 1 aromatic rings. The third-order valence-electron chi connectivity index (χ3n) is 3.07. The summed E-state index contributed by atoms with van der Waals surface area (Å²) in [6.45, 7) is 7.23. The zero-order chi connectivity index (χ0) is 14.3. The first kappa shape index (κ1) is 15.7. The van der Waals surface area contributed by atoms with Gasteiger partial charge in [0.1, 0.15) is 0 Å². The van der Waals surface area contributed by atoms with Crippen LogP contribution >= 0.6 is 0 Å². The van der Waals surface area contributed by atoms with Crippen LogP contribution in [0.15, 0.2) is 24.3 Å². The molecule has 3 nitrogen and oxygen atoms in total. The molecule has 3 heteroatoms. The highest BCUT2D eigenvalue weighted by Gasteiger charge is 2.16. The lowest BCUT2D eigenvalue weighted by Crippen LogP contribution is -2.15. The molecule has 19 heavy (non-hydrogen) atoms. The second-order valence-electron chi connectivity index (χ2n) is 5.37. The van der Waals surface area contributed by atoms with E-state index in [0.717, 1.165) is 12.0 Å². The summed E-state index contributed by atoms with van der Waals surface area (Å²) in [7, 11) is 0. The molecule has 0 fully saturated rings. The molecule has 0 saturated carbocycles. The average Bonchev–Trinajstić information content (AvgIpc) is 2.38. The van der Waals surface area contributed by atoms with E-state index in [-0.39, 0.29) is 11.9 Å². The number of carbonyl (C=O) groups excluding carboxylic acids is 1. The number of ether oxygens (including phenoxy) is 1. The summed E-state index contributed by atoms with van der Waals surface area (Å²) in [5.74, 6) is 0.250. The quantitative estimate of drug-likeness (QED) is 0.608. The zero-order valence-corrected chi connectivity index (χ0v) is 12.2. The molecule has 0 saturated heterocycles. The van der Waals surface area contributed by atoms with Crippen molar-refractivity contribution in [2.24, 2.45) is 11.7 Å². The molecule has 0 aromatic heterocycles. The van der Waals surface area contributed by atoms with Gasteiger partial charge in [0, 0.05) is 0 Å². The van der Waals surface area contributed by atoms with Crippen molar-refractivity contribution in [2.45, 2.75) is 39.5 Å². The number of rotatable bonds is 7. The fraction of sp³-hybridized carbons (Fsp3) is 0.562. The molecule has 0 heterocycles. The summed E-state index contributed by atoms with van der Waals surface area (Å²) in [6.07, 6.45) is 1.78. The van der Waals surface area contributed by atoms with Crippen molar-refractivity contribution in [3.05, 3.63) is 35.4 Å². The van der Waals surface area contributed by atoms with Crippen LogP contribution in [0, 0.1) is 5.92 Å². The van der Waals surface area contributed by atoms with E-state index in [4.69, 9.17) is 10.5 Å². The maximum atomic E-state index is 11.8. The fourth-order valence-electron chi connectivity index (χ4n) is 1.93. The van der Waals surface area contributed by atoms with Gasteiger partial charge in [0.25, 0.3) is 0 Å². The maximum absolute atomic E-state index is 11.8. The first-order valence-corrected chi connectivity index (χ1v) is 7.00. The van der Waals surface area contributed by atoms with Crippen molar-refractivity contribution in [3.8, 4) is 0 Å². The number of nitrogens with two attached hydrogens (primary N) is 1. The first-order valence-electron chi connectivity index (χ1n) is 7.00. The highest BCUT2D eigenvalue weighted by molar-refractivity contribution is 5.77. The number of hydrogen-bond donors (Lipinski definition) is 1. The van der Waals surface area contributed by atoms with E-state index in [1.54, 1.807) is 0 Å². The molecule has 0 aliphatic rings. The minimum Gasteiger partial charge on any atom is -0.465 e. The van der Waals surface area contributed by atoms with Crippen molar-refractivity contribution in [3.63, 3.8) is 0 Å². The molecule has 2 N–H and O–H groups in total. The second kappa shape index (κ2) is 7.95. The molecule has 0 aliphatic carbocycles. The van der Waals surface area contributed by atoms with Gasteiger partial charge in [-0.2, -0.15) is 0 Å². The lowest BCUT2D eigenvalue weighted by molar-refractivity contribution is -0.145. The average molecular weight is 263 g/mol. The van der Waals surface area contributed by atoms with E-state index in [9.17, 15) is 4.79 Å². The lowest BCUT2D eigenvalue weighted by atomic mass is 9.97. The largest absolute Gasteiger partial charge is 0.465 e. The van der Waals surface area contributed by atoms with Gasteiger partial charge in [0.2, 0.25) is 0 Å². The van der Waals surface area contributed by atoms with Crippen LogP contribution in [0.5, 0.6) is 0 Å². The third kappa shape index (κ3) is 5.43. The highest BCUT2D eigenvalue weighted by Crippen LogP contribution is 2.18. The Morgan fingerprint density at radius 3 is 2.37 bits per heavy atom. The Balaban J connectivity index is 2.56. The molecule has 1 aromatic carbocycles. The van der Waals surface area contributed by atoms with Crippen LogP contribution in [0.3, 0.4) is 0 Å². The lowest BCUT2D eigenvalue weighted by Gasteiger charge is -2.12. The van der Waals surface area contributed by atoms with Gasteiger partial charge in [-0.3, -0.25) is 4.79 Å². The van der Waals surface area contributed by atoms with Crippen LogP contribution in [-0.4, -0.2) is 19.1 Å². The first-order chi connectivity index (χ1) is 9.04. The van der Waals surface area contributed by atoms with E-state index in [2.05, 4.69) is 26.0 Å².